The molecule has 0 amide bonds. The van der Waals surface area contributed by atoms with E-state index in [-0.39, 0.29) is 5.78 Å². The Morgan fingerprint density at radius 2 is 2.12 bits per heavy atom. The highest BCUT2D eigenvalue weighted by molar-refractivity contribution is 9.10. The summed E-state index contributed by atoms with van der Waals surface area (Å²) in [6.45, 7) is 1.80. The minimum Gasteiger partial charge on any atom is -0.287 e. The molecule has 2 rings (SSSR count). The Morgan fingerprint density at radius 1 is 1.44 bits per heavy atom. The van der Waals surface area contributed by atoms with Gasteiger partial charge in [0, 0.05) is 20.3 Å². The van der Waals surface area contributed by atoms with Crippen molar-refractivity contribution in [1.29, 1.82) is 0 Å². The number of carbonyl (C=O) groups excluding carboxylic acids is 1. The van der Waals surface area contributed by atoms with Crippen LogP contribution in [0.25, 0.3) is 0 Å². The lowest BCUT2D eigenvalue weighted by Crippen LogP contribution is -2.09. The van der Waals surface area contributed by atoms with E-state index in [9.17, 15) is 4.79 Å². The van der Waals surface area contributed by atoms with Crippen LogP contribution in [0, 0.1) is 6.92 Å². The molecule has 0 aliphatic heterocycles. The Morgan fingerprint density at radius 3 is 2.56 bits per heavy atom. The van der Waals surface area contributed by atoms with Crippen LogP contribution in [0.3, 0.4) is 0 Å². The van der Waals surface area contributed by atoms with Crippen LogP contribution in [0.2, 0.25) is 0 Å². The van der Waals surface area contributed by atoms with E-state index in [1.54, 1.807) is 31.9 Å². The van der Waals surface area contributed by atoms with E-state index >= 15 is 0 Å². The van der Waals surface area contributed by atoms with E-state index in [2.05, 4.69) is 31.3 Å². The second-order valence-electron chi connectivity index (χ2n) is 3.48. The van der Waals surface area contributed by atoms with Crippen molar-refractivity contribution in [2.24, 2.45) is 14.1 Å². The van der Waals surface area contributed by atoms with Crippen molar-refractivity contribution in [2.45, 2.75) is 6.92 Å². The van der Waals surface area contributed by atoms with Crippen LogP contribution in [-0.4, -0.2) is 30.6 Å². The first kappa shape index (κ1) is 11.0. The topological polar surface area (TPSA) is 65.6 Å². The average molecular weight is 284 g/mol. The van der Waals surface area contributed by atoms with Crippen LogP contribution in [-0.2, 0) is 14.1 Å². The summed E-state index contributed by atoms with van der Waals surface area (Å²) in [6, 6.07) is 0. The molecule has 0 aliphatic carbocycles. The Bertz CT molecular complexity index is 537. The fourth-order valence-corrected chi connectivity index (χ4v) is 2.03. The summed E-state index contributed by atoms with van der Waals surface area (Å²) in [5.41, 5.74) is 1.69. The van der Waals surface area contributed by atoms with Gasteiger partial charge in [-0.25, -0.2) is 4.68 Å². The summed E-state index contributed by atoms with van der Waals surface area (Å²) in [6.07, 6.45) is 1.69. The van der Waals surface area contributed by atoms with Crippen molar-refractivity contribution in [1.82, 2.24) is 24.8 Å². The zero-order chi connectivity index (χ0) is 11.9. The number of nitrogens with zero attached hydrogens (tertiary/aromatic N) is 5. The highest BCUT2D eigenvalue weighted by atomic mass is 79.9. The van der Waals surface area contributed by atoms with Gasteiger partial charge in [0.15, 0.2) is 4.60 Å². The Kier molecular flexibility index (Phi) is 2.63. The summed E-state index contributed by atoms with van der Waals surface area (Å²) < 4.78 is 3.50. The molecule has 2 aromatic heterocycles. The summed E-state index contributed by atoms with van der Waals surface area (Å²) >= 11 is 3.20. The molecule has 0 unspecified atom stereocenters. The fraction of sp³-hybridized carbons (Fsp3) is 0.333. The standard InChI is InChI=1S/C9H10BrN5O/c1-5-6(4-14(2)12-5)8(16)7-9(10)11-13-15(7)3/h4H,1-3H3. The molecule has 0 fully saturated rings. The van der Waals surface area contributed by atoms with E-state index in [1.807, 2.05) is 0 Å². The monoisotopic (exact) mass is 283 g/mol. The van der Waals surface area contributed by atoms with Crippen LogP contribution in [0.5, 0.6) is 0 Å². The predicted octanol–water partition coefficient (Wildman–Crippen LogP) is 0.851. The molecule has 0 spiro atoms. The van der Waals surface area contributed by atoms with Gasteiger partial charge in [-0.3, -0.25) is 9.48 Å². The Balaban J connectivity index is 2.51. The number of aryl methyl sites for hydroxylation is 3. The molecule has 0 saturated carbocycles. The zero-order valence-electron chi connectivity index (χ0n) is 9.10. The number of halogens is 1. The van der Waals surface area contributed by atoms with E-state index in [0.717, 1.165) is 0 Å². The second kappa shape index (κ2) is 3.82. The number of ketones is 1. The molecule has 0 N–H and O–H groups in total. The van der Waals surface area contributed by atoms with Crippen molar-refractivity contribution < 1.29 is 4.79 Å². The lowest BCUT2D eigenvalue weighted by molar-refractivity contribution is 0.102. The maximum absolute atomic E-state index is 12.2. The van der Waals surface area contributed by atoms with E-state index in [4.69, 9.17) is 0 Å². The molecular formula is C9H10BrN5O. The summed E-state index contributed by atoms with van der Waals surface area (Å²) in [7, 11) is 3.46. The molecule has 2 heterocycles. The van der Waals surface area contributed by atoms with E-state index in [1.165, 1.54) is 4.68 Å². The first-order chi connectivity index (χ1) is 7.50. The third-order valence-corrected chi connectivity index (χ3v) is 2.79. The maximum atomic E-state index is 12.2. The molecule has 0 saturated heterocycles. The van der Waals surface area contributed by atoms with E-state index < -0.39 is 0 Å². The minimum absolute atomic E-state index is 0.134. The van der Waals surface area contributed by atoms with Gasteiger partial charge in [0.05, 0.1) is 11.3 Å². The van der Waals surface area contributed by atoms with Crippen LogP contribution in [0.15, 0.2) is 10.8 Å². The maximum Gasteiger partial charge on any atom is 0.217 e. The van der Waals surface area contributed by atoms with Crippen molar-refractivity contribution in [3.8, 4) is 0 Å². The van der Waals surface area contributed by atoms with Gasteiger partial charge in [0.2, 0.25) is 5.78 Å². The molecule has 16 heavy (non-hydrogen) atoms. The summed E-state index contributed by atoms with van der Waals surface area (Å²) in [4.78, 5) is 12.2. The van der Waals surface area contributed by atoms with Crippen LogP contribution in [0.4, 0.5) is 0 Å². The number of rotatable bonds is 2. The summed E-state index contributed by atoms with van der Waals surface area (Å²) in [5.74, 6) is -0.134. The SMILES string of the molecule is Cc1nn(C)cc1C(=O)c1c(Br)nnn1C. The highest BCUT2D eigenvalue weighted by Gasteiger charge is 2.21. The van der Waals surface area contributed by atoms with Gasteiger partial charge in [-0.05, 0) is 22.9 Å². The molecule has 6 nitrogen and oxygen atoms in total. The van der Waals surface area contributed by atoms with Gasteiger partial charge in [-0.2, -0.15) is 5.10 Å². The van der Waals surface area contributed by atoms with Gasteiger partial charge in [-0.1, -0.05) is 5.21 Å². The molecule has 0 aromatic carbocycles. The largest absolute Gasteiger partial charge is 0.287 e. The first-order valence-corrected chi connectivity index (χ1v) is 5.40. The van der Waals surface area contributed by atoms with Crippen molar-refractivity contribution in [3.63, 3.8) is 0 Å². The number of carbonyl (C=O) groups is 1. The van der Waals surface area contributed by atoms with Gasteiger partial charge < -0.3 is 0 Å². The van der Waals surface area contributed by atoms with Crippen LogP contribution in [0.1, 0.15) is 21.7 Å². The number of hydrogen-bond donors (Lipinski definition) is 0. The lowest BCUT2D eigenvalue weighted by atomic mass is 10.1. The third-order valence-electron chi connectivity index (χ3n) is 2.26. The van der Waals surface area contributed by atoms with E-state index in [0.29, 0.717) is 21.6 Å². The van der Waals surface area contributed by atoms with Gasteiger partial charge in [0.1, 0.15) is 5.69 Å². The Hall–Kier alpha value is -1.50. The number of hydrogen-bond acceptors (Lipinski definition) is 4. The predicted molar refractivity (Wildman–Crippen MR) is 60.1 cm³/mol. The van der Waals surface area contributed by atoms with Crippen molar-refractivity contribution in [3.05, 3.63) is 27.8 Å². The van der Waals surface area contributed by atoms with Gasteiger partial charge in [0.25, 0.3) is 0 Å². The quantitative estimate of drug-likeness (QED) is 0.767. The van der Waals surface area contributed by atoms with Gasteiger partial charge >= 0.3 is 0 Å². The van der Waals surface area contributed by atoms with Gasteiger partial charge in [-0.15, -0.1) is 5.10 Å². The lowest BCUT2D eigenvalue weighted by Gasteiger charge is -1.98. The minimum atomic E-state index is -0.134. The van der Waals surface area contributed by atoms with Crippen LogP contribution >= 0.6 is 15.9 Å². The average Bonchev–Trinajstić information content (AvgIpc) is 2.70. The molecular weight excluding hydrogens is 274 g/mol. The molecule has 0 atom stereocenters. The molecule has 7 heteroatoms. The number of aromatic nitrogens is 5. The third kappa shape index (κ3) is 1.67. The van der Waals surface area contributed by atoms with Crippen molar-refractivity contribution in [2.75, 3.05) is 0 Å². The van der Waals surface area contributed by atoms with Crippen LogP contribution < -0.4 is 0 Å². The molecule has 0 radical (unpaired) electrons. The van der Waals surface area contributed by atoms with Crippen molar-refractivity contribution >= 4 is 21.7 Å². The summed E-state index contributed by atoms with van der Waals surface area (Å²) in [5, 5.41) is 11.7. The zero-order valence-corrected chi connectivity index (χ0v) is 10.7. The fourth-order valence-electron chi connectivity index (χ4n) is 1.52. The Labute approximate surface area is 100 Å². The second-order valence-corrected chi connectivity index (χ2v) is 4.23. The normalized spacial score (nSPS) is 10.8. The molecule has 84 valence electrons. The highest BCUT2D eigenvalue weighted by Crippen LogP contribution is 2.18. The first-order valence-electron chi connectivity index (χ1n) is 4.61. The smallest absolute Gasteiger partial charge is 0.217 e. The molecule has 0 bridgehead atoms. The molecule has 0 aliphatic rings. The molecule has 2 aromatic rings.